The molecule has 2 N–H and O–H groups in total. The molecule has 2 unspecified atom stereocenters. The summed E-state index contributed by atoms with van der Waals surface area (Å²) in [6.07, 6.45) is 5.70. The molecule has 16 heavy (non-hydrogen) atoms. The Morgan fingerprint density at radius 1 is 1.44 bits per heavy atom. The van der Waals surface area contributed by atoms with Crippen LogP contribution in [0.2, 0.25) is 0 Å². The van der Waals surface area contributed by atoms with E-state index in [1.807, 2.05) is 13.0 Å². The molecule has 88 valence electrons. The number of anilines is 2. The van der Waals surface area contributed by atoms with Crippen LogP contribution in [0.5, 0.6) is 0 Å². The molecule has 1 aliphatic rings. The molecule has 2 atom stereocenters. The molecule has 1 saturated carbocycles. The van der Waals surface area contributed by atoms with Crippen molar-refractivity contribution in [3.05, 3.63) is 12.3 Å². The lowest BCUT2D eigenvalue weighted by atomic mass is 10.1. The van der Waals surface area contributed by atoms with Crippen molar-refractivity contribution in [1.29, 1.82) is 0 Å². The van der Waals surface area contributed by atoms with Crippen LogP contribution >= 0.6 is 0 Å². The molecular weight excluding hydrogens is 200 g/mol. The zero-order valence-electron chi connectivity index (χ0n) is 10.0. The molecule has 1 aromatic heterocycles. The van der Waals surface area contributed by atoms with Crippen LogP contribution in [-0.4, -0.2) is 22.6 Å². The summed E-state index contributed by atoms with van der Waals surface area (Å²) >= 11 is 0. The molecule has 0 bridgehead atoms. The van der Waals surface area contributed by atoms with Crippen molar-refractivity contribution in [3.8, 4) is 0 Å². The Morgan fingerprint density at radius 3 is 3.00 bits per heavy atom. The third kappa shape index (κ3) is 2.62. The molecule has 4 nitrogen and oxygen atoms in total. The lowest BCUT2D eigenvalue weighted by Gasteiger charge is -2.18. The van der Waals surface area contributed by atoms with Crippen LogP contribution in [0.25, 0.3) is 0 Å². The highest BCUT2D eigenvalue weighted by Crippen LogP contribution is 2.27. The van der Waals surface area contributed by atoms with Crippen LogP contribution in [0.1, 0.15) is 33.1 Å². The highest BCUT2D eigenvalue weighted by molar-refractivity contribution is 5.40. The van der Waals surface area contributed by atoms with Crippen LogP contribution in [0.15, 0.2) is 12.3 Å². The molecule has 0 saturated heterocycles. The number of nitrogens with zero attached hydrogens (tertiary/aromatic N) is 2. The van der Waals surface area contributed by atoms with Gasteiger partial charge in [-0.1, -0.05) is 13.3 Å². The van der Waals surface area contributed by atoms with E-state index in [4.69, 9.17) is 0 Å². The summed E-state index contributed by atoms with van der Waals surface area (Å²) < 4.78 is 0. The first-order valence-corrected chi connectivity index (χ1v) is 6.13. The fourth-order valence-corrected chi connectivity index (χ4v) is 2.23. The van der Waals surface area contributed by atoms with Gasteiger partial charge in [0.15, 0.2) is 0 Å². The van der Waals surface area contributed by atoms with Gasteiger partial charge in [-0.2, -0.15) is 4.98 Å². The number of nitrogens with one attached hydrogen (secondary N) is 2. The molecule has 0 radical (unpaired) electrons. The van der Waals surface area contributed by atoms with Gasteiger partial charge in [-0.15, -0.1) is 0 Å². The van der Waals surface area contributed by atoms with Crippen molar-refractivity contribution >= 4 is 11.8 Å². The maximum Gasteiger partial charge on any atom is 0.224 e. The fraction of sp³-hybridized carbons (Fsp3) is 0.667. The van der Waals surface area contributed by atoms with Gasteiger partial charge >= 0.3 is 0 Å². The molecule has 0 spiro atoms. The van der Waals surface area contributed by atoms with Crippen LogP contribution in [0.3, 0.4) is 0 Å². The Hall–Kier alpha value is -1.32. The van der Waals surface area contributed by atoms with Gasteiger partial charge in [0.2, 0.25) is 5.95 Å². The molecule has 1 aromatic rings. The summed E-state index contributed by atoms with van der Waals surface area (Å²) in [6.45, 7) is 5.20. The normalized spacial score (nSPS) is 24.4. The van der Waals surface area contributed by atoms with E-state index in [1.165, 1.54) is 19.3 Å². The summed E-state index contributed by atoms with van der Waals surface area (Å²) in [4.78, 5) is 8.59. The zero-order chi connectivity index (χ0) is 11.4. The number of hydrogen-bond acceptors (Lipinski definition) is 4. The van der Waals surface area contributed by atoms with E-state index in [2.05, 4.69) is 27.5 Å². The molecule has 0 aromatic carbocycles. The van der Waals surface area contributed by atoms with Gasteiger partial charge in [0.1, 0.15) is 5.82 Å². The minimum Gasteiger partial charge on any atom is -0.367 e. The first-order chi connectivity index (χ1) is 7.79. The van der Waals surface area contributed by atoms with Crippen molar-refractivity contribution in [2.75, 3.05) is 17.2 Å². The summed E-state index contributed by atoms with van der Waals surface area (Å²) in [6, 6.07) is 2.51. The smallest absolute Gasteiger partial charge is 0.224 e. The van der Waals surface area contributed by atoms with Gasteiger partial charge in [-0.05, 0) is 31.7 Å². The lowest BCUT2D eigenvalue weighted by molar-refractivity contribution is 0.555. The number of hydrogen-bond donors (Lipinski definition) is 2. The Morgan fingerprint density at radius 2 is 2.31 bits per heavy atom. The van der Waals surface area contributed by atoms with Gasteiger partial charge in [-0.3, -0.25) is 0 Å². The first kappa shape index (κ1) is 11.2. The SMILES string of the molecule is CCNc1nccc(NC2CCCC2C)n1. The summed E-state index contributed by atoms with van der Waals surface area (Å²) in [5.41, 5.74) is 0. The average Bonchev–Trinajstić information content (AvgIpc) is 2.66. The van der Waals surface area contributed by atoms with E-state index in [1.54, 1.807) is 6.20 Å². The minimum atomic E-state index is 0.573. The predicted octanol–water partition coefficient (Wildman–Crippen LogP) is 2.51. The van der Waals surface area contributed by atoms with E-state index in [0.717, 1.165) is 18.3 Å². The van der Waals surface area contributed by atoms with Crippen molar-refractivity contribution in [3.63, 3.8) is 0 Å². The first-order valence-electron chi connectivity index (χ1n) is 6.13. The average molecular weight is 220 g/mol. The Labute approximate surface area is 96.9 Å². The monoisotopic (exact) mass is 220 g/mol. The van der Waals surface area contributed by atoms with Crippen LogP contribution in [0.4, 0.5) is 11.8 Å². The van der Waals surface area contributed by atoms with Gasteiger partial charge in [-0.25, -0.2) is 4.98 Å². The van der Waals surface area contributed by atoms with Gasteiger partial charge in [0, 0.05) is 18.8 Å². The Bertz CT molecular complexity index is 340. The molecule has 1 fully saturated rings. The molecule has 0 amide bonds. The molecule has 4 heteroatoms. The van der Waals surface area contributed by atoms with E-state index >= 15 is 0 Å². The quantitative estimate of drug-likeness (QED) is 0.818. The second kappa shape index (κ2) is 5.14. The predicted molar refractivity (Wildman–Crippen MR) is 66.6 cm³/mol. The molecule has 1 aliphatic carbocycles. The maximum atomic E-state index is 4.43. The van der Waals surface area contributed by atoms with Crippen LogP contribution in [-0.2, 0) is 0 Å². The third-order valence-electron chi connectivity index (χ3n) is 3.19. The largest absolute Gasteiger partial charge is 0.367 e. The van der Waals surface area contributed by atoms with Crippen molar-refractivity contribution in [1.82, 2.24) is 9.97 Å². The second-order valence-electron chi connectivity index (χ2n) is 4.45. The van der Waals surface area contributed by atoms with Crippen molar-refractivity contribution in [2.45, 2.75) is 39.2 Å². The number of rotatable bonds is 4. The van der Waals surface area contributed by atoms with E-state index in [9.17, 15) is 0 Å². The molecule has 0 aliphatic heterocycles. The third-order valence-corrected chi connectivity index (χ3v) is 3.19. The van der Waals surface area contributed by atoms with Crippen molar-refractivity contribution < 1.29 is 0 Å². The van der Waals surface area contributed by atoms with E-state index in [0.29, 0.717) is 12.0 Å². The van der Waals surface area contributed by atoms with E-state index < -0.39 is 0 Å². The second-order valence-corrected chi connectivity index (χ2v) is 4.45. The Balaban J connectivity index is 2.00. The summed E-state index contributed by atoms with van der Waals surface area (Å²) in [5, 5.41) is 6.62. The molecular formula is C12H20N4. The summed E-state index contributed by atoms with van der Waals surface area (Å²) in [7, 11) is 0. The van der Waals surface area contributed by atoms with E-state index in [-0.39, 0.29) is 0 Å². The van der Waals surface area contributed by atoms with Crippen molar-refractivity contribution in [2.24, 2.45) is 5.92 Å². The fourth-order valence-electron chi connectivity index (χ4n) is 2.23. The summed E-state index contributed by atoms with van der Waals surface area (Å²) in [5.74, 6) is 2.39. The standard InChI is InChI=1S/C12H20N4/c1-3-13-12-14-8-7-11(16-12)15-10-6-4-5-9(10)2/h7-10H,3-6H2,1-2H3,(H2,13,14,15,16). The lowest BCUT2D eigenvalue weighted by Crippen LogP contribution is -2.22. The van der Waals surface area contributed by atoms with Gasteiger partial charge in [0.05, 0.1) is 0 Å². The number of aromatic nitrogens is 2. The molecule has 1 heterocycles. The topological polar surface area (TPSA) is 49.8 Å². The van der Waals surface area contributed by atoms with Gasteiger partial charge in [0.25, 0.3) is 0 Å². The Kier molecular flexibility index (Phi) is 3.59. The maximum absolute atomic E-state index is 4.43. The molecule has 2 rings (SSSR count). The minimum absolute atomic E-state index is 0.573. The zero-order valence-corrected chi connectivity index (χ0v) is 10.0. The van der Waals surface area contributed by atoms with Crippen LogP contribution < -0.4 is 10.6 Å². The van der Waals surface area contributed by atoms with Gasteiger partial charge < -0.3 is 10.6 Å². The highest BCUT2D eigenvalue weighted by Gasteiger charge is 2.23. The highest BCUT2D eigenvalue weighted by atomic mass is 15.1. The van der Waals surface area contributed by atoms with Crippen LogP contribution in [0, 0.1) is 5.92 Å².